The number of aliphatic carboxylic acids is 1. The Labute approximate surface area is 118 Å². The molecule has 2 amide bonds. The molecule has 2 aliphatic rings. The molecule has 2 fully saturated rings. The van der Waals surface area contributed by atoms with Gasteiger partial charge >= 0.3 is 5.97 Å². The summed E-state index contributed by atoms with van der Waals surface area (Å²) in [6, 6.07) is -0.484. The van der Waals surface area contributed by atoms with Gasteiger partial charge in [0.25, 0.3) is 0 Å². The van der Waals surface area contributed by atoms with Crippen molar-refractivity contribution in [3.8, 4) is 0 Å². The summed E-state index contributed by atoms with van der Waals surface area (Å²) in [5.41, 5.74) is 0. The van der Waals surface area contributed by atoms with Crippen molar-refractivity contribution in [2.75, 3.05) is 13.1 Å². The van der Waals surface area contributed by atoms with Crippen LogP contribution >= 0.6 is 0 Å². The molecule has 0 bridgehead atoms. The molecule has 2 atom stereocenters. The number of carbonyl (C=O) groups excluding carboxylic acids is 2. The zero-order chi connectivity index (χ0) is 14.7. The summed E-state index contributed by atoms with van der Waals surface area (Å²) in [4.78, 5) is 36.4. The first kappa shape index (κ1) is 14.8. The summed E-state index contributed by atoms with van der Waals surface area (Å²) in [5.74, 6) is -1.45. The summed E-state index contributed by atoms with van der Waals surface area (Å²) in [7, 11) is 0. The molecule has 2 rings (SSSR count). The molecule has 6 heteroatoms. The van der Waals surface area contributed by atoms with E-state index in [1.54, 1.807) is 4.90 Å². The average Bonchev–Trinajstić information content (AvgIpc) is 3.05. The van der Waals surface area contributed by atoms with Gasteiger partial charge in [-0.05, 0) is 25.2 Å². The monoisotopic (exact) mass is 282 g/mol. The zero-order valence-corrected chi connectivity index (χ0v) is 11.8. The maximum atomic E-state index is 12.6. The fraction of sp³-hybridized carbons (Fsp3) is 0.786. The Balaban J connectivity index is 2.02. The molecule has 1 heterocycles. The van der Waals surface area contributed by atoms with Crippen LogP contribution in [0.15, 0.2) is 0 Å². The number of carbonyl (C=O) groups is 3. The fourth-order valence-corrected chi connectivity index (χ4v) is 3.25. The van der Waals surface area contributed by atoms with Crippen molar-refractivity contribution in [1.82, 2.24) is 10.2 Å². The number of amides is 2. The molecule has 2 N–H and O–H groups in total. The van der Waals surface area contributed by atoms with Crippen LogP contribution in [0, 0.1) is 11.8 Å². The van der Waals surface area contributed by atoms with Gasteiger partial charge in [-0.2, -0.15) is 0 Å². The van der Waals surface area contributed by atoms with Gasteiger partial charge in [0.1, 0.15) is 6.04 Å². The number of rotatable bonds is 4. The molecule has 1 aliphatic heterocycles. The van der Waals surface area contributed by atoms with Crippen LogP contribution in [-0.4, -0.2) is 46.9 Å². The van der Waals surface area contributed by atoms with Gasteiger partial charge in [-0.25, -0.2) is 0 Å². The smallest absolute Gasteiger partial charge is 0.308 e. The highest BCUT2D eigenvalue weighted by Crippen LogP contribution is 2.29. The van der Waals surface area contributed by atoms with Crippen LogP contribution in [0.25, 0.3) is 0 Å². The molecule has 0 radical (unpaired) electrons. The van der Waals surface area contributed by atoms with Crippen LogP contribution in [-0.2, 0) is 14.4 Å². The molecular weight excluding hydrogens is 260 g/mol. The molecule has 0 aromatic heterocycles. The van der Waals surface area contributed by atoms with Crippen molar-refractivity contribution >= 4 is 17.8 Å². The lowest BCUT2D eigenvalue weighted by Gasteiger charge is -2.28. The normalized spacial score (nSPS) is 24.6. The fourth-order valence-electron chi connectivity index (χ4n) is 3.25. The highest BCUT2D eigenvalue weighted by atomic mass is 16.4. The minimum atomic E-state index is -0.850. The van der Waals surface area contributed by atoms with E-state index in [2.05, 4.69) is 5.32 Å². The highest BCUT2D eigenvalue weighted by Gasteiger charge is 2.38. The van der Waals surface area contributed by atoms with E-state index in [0.717, 1.165) is 25.7 Å². The predicted octanol–water partition coefficient (Wildman–Crippen LogP) is 0.614. The Morgan fingerprint density at radius 1 is 1.20 bits per heavy atom. The van der Waals surface area contributed by atoms with Gasteiger partial charge in [0.15, 0.2) is 0 Å². The molecule has 6 nitrogen and oxygen atoms in total. The third-order valence-corrected chi connectivity index (χ3v) is 4.35. The van der Waals surface area contributed by atoms with Crippen LogP contribution in [0.2, 0.25) is 0 Å². The Kier molecular flexibility index (Phi) is 4.62. The molecule has 112 valence electrons. The highest BCUT2D eigenvalue weighted by molar-refractivity contribution is 5.88. The first-order valence-electron chi connectivity index (χ1n) is 7.27. The van der Waals surface area contributed by atoms with Crippen molar-refractivity contribution in [1.29, 1.82) is 0 Å². The number of hydrogen-bond donors (Lipinski definition) is 2. The molecule has 2 unspecified atom stereocenters. The van der Waals surface area contributed by atoms with Crippen LogP contribution in [0.1, 0.15) is 39.0 Å². The van der Waals surface area contributed by atoms with E-state index in [1.165, 1.54) is 6.92 Å². The molecule has 0 aromatic carbocycles. The van der Waals surface area contributed by atoms with Gasteiger partial charge in [0, 0.05) is 20.0 Å². The molecule has 20 heavy (non-hydrogen) atoms. The standard InChI is InChI=1S/C14H22N2O4/c1-9(17)15-12(10-4-2-3-5-10)13(18)16-7-6-11(8-16)14(19)20/h10-12H,2-8H2,1H3,(H,15,17)(H,19,20). The van der Waals surface area contributed by atoms with Gasteiger partial charge in [-0.3, -0.25) is 14.4 Å². The molecule has 0 aromatic rings. The number of hydrogen-bond acceptors (Lipinski definition) is 3. The lowest BCUT2D eigenvalue weighted by atomic mass is 9.96. The van der Waals surface area contributed by atoms with Crippen molar-refractivity contribution < 1.29 is 19.5 Å². The number of carboxylic acids is 1. The molecule has 1 saturated heterocycles. The number of nitrogens with zero attached hydrogens (tertiary/aromatic N) is 1. The topological polar surface area (TPSA) is 86.7 Å². The Morgan fingerprint density at radius 3 is 2.35 bits per heavy atom. The molecule has 1 saturated carbocycles. The largest absolute Gasteiger partial charge is 0.481 e. The van der Waals surface area contributed by atoms with Crippen molar-refractivity contribution in [3.63, 3.8) is 0 Å². The van der Waals surface area contributed by atoms with Crippen LogP contribution in [0.5, 0.6) is 0 Å². The minimum Gasteiger partial charge on any atom is -0.481 e. The Morgan fingerprint density at radius 2 is 1.85 bits per heavy atom. The summed E-state index contributed by atoms with van der Waals surface area (Å²) >= 11 is 0. The summed E-state index contributed by atoms with van der Waals surface area (Å²) in [6.45, 7) is 2.15. The third-order valence-electron chi connectivity index (χ3n) is 4.35. The van der Waals surface area contributed by atoms with Crippen LogP contribution in [0.3, 0.4) is 0 Å². The van der Waals surface area contributed by atoms with Crippen molar-refractivity contribution in [2.45, 2.75) is 45.1 Å². The van der Waals surface area contributed by atoms with E-state index < -0.39 is 17.9 Å². The van der Waals surface area contributed by atoms with Crippen molar-refractivity contribution in [3.05, 3.63) is 0 Å². The Hall–Kier alpha value is -1.59. The second-order valence-corrected chi connectivity index (χ2v) is 5.83. The SMILES string of the molecule is CC(=O)NC(C(=O)N1CCC(C(=O)O)C1)C1CCCC1. The van der Waals surface area contributed by atoms with Crippen LogP contribution in [0.4, 0.5) is 0 Å². The predicted molar refractivity (Wildman–Crippen MR) is 71.9 cm³/mol. The third kappa shape index (κ3) is 3.29. The van der Waals surface area contributed by atoms with E-state index in [1.807, 2.05) is 0 Å². The maximum Gasteiger partial charge on any atom is 0.308 e. The van der Waals surface area contributed by atoms with Gasteiger partial charge in [-0.1, -0.05) is 12.8 Å². The second-order valence-electron chi connectivity index (χ2n) is 5.83. The maximum absolute atomic E-state index is 12.6. The first-order valence-corrected chi connectivity index (χ1v) is 7.27. The summed E-state index contributed by atoms with van der Waals surface area (Å²) < 4.78 is 0. The molecular formula is C14H22N2O4. The van der Waals surface area contributed by atoms with E-state index in [9.17, 15) is 14.4 Å². The molecule has 1 aliphatic carbocycles. The van der Waals surface area contributed by atoms with Gasteiger partial charge < -0.3 is 15.3 Å². The second kappa shape index (κ2) is 6.24. The van der Waals surface area contributed by atoms with Gasteiger partial charge in [0.2, 0.25) is 11.8 Å². The van der Waals surface area contributed by atoms with E-state index in [4.69, 9.17) is 5.11 Å². The quantitative estimate of drug-likeness (QED) is 0.791. The molecule has 0 spiro atoms. The van der Waals surface area contributed by atoms with E-state index >= 15 is 0 Å². The lowest BCUT2D eigenvalue weighted by molar-refractivity contribution is -0.142. The van der Waals surface area contributed by atoms with Gasteiger partial charge in [-0.15, -0.1) is 0 Å². The zero-order valence-electron chi connectivity index (χ0n) is 11.8. The first-order chi connectivity index (χ1) is 9.49. The van der Waals surface area contributed by atoms with Gasteiger partial charge in [0.05, 0.1) is 5.92 Å². The summed E-state index contributed by atoms with van der Waals surface area (Å²) in [5, 5.41) is 11.8. The minimum absolute atomic E-state index is 0.115. The van der Waals surface area contributed by atoms with E-state index in [-0.39, 0.29) is 24.3 Å². The number of nitrogens with one attached hydrogen (secondary N) is 1. The lowest BCUT2D eigenvalue weighted by Crippen LogP contribution is -2.51. The van der Waals surface area contributed by atoms with E-state index in [0.29, 0.717) is 13.0 Å². The van der Waals surface area contributed by atoms with Crippen molar-refractivity contribution in [2.24, 2.45) is 11.8 Å². The van der Waals surface area contributed by atoms with Crippen LogP contribution < -0.4 is 5.32 Å². The summed E-state index contributed by atoms with van der Waals surface area (Å²) in [6.07, 6.45) is 4.58. The average molecular weight is 282 g/mol. The Bertz CT molecular complexity index is 404. The number of carboxylic acid groups (broad SMARTS) is 1. The number of likely N-dealkylation sites (tertiary alicyclic amines) is 1.